The maximum atomic E-state index is 13.5. The Morgan fingerprint density at radius 3 is 2.40 bits per heavy atom. The van der Waals surface area contributed by atoms with Crippen molar-refractivity contribution in [3.05, 3.63) is 120 Å². The van der Waals surface area contributed by atoms with Gasteiger partial charge in [-0.15, -0.1) is 0 Å². The fraction of sp³-hybridized carbons (Fsp3) is 0.107. The first-order valence-corrected chi connectivity index (χ1v) is 13.5. The minimum absolute atomic E-state index is 0.0652. The number of carbonyl (C=O) groups excluding carboxylic acids is 2. The number of nitro groups is 1. The highest BCUT2D eigenvalue weighted by Gasteiger charge is 2.36. The van der Waals surface area contributed by atoms with E-state index in [0.29, 0.717) is 32.0 Å². The van der Waals surface area contributed by atoms with Crippen LogP contribution in [0.25, 0.3) is 0 Å². The minimum Gasteiger partial charge on any atom is -0.353 e. The molecular formula is C28H21Cl2N5O4S. The van der Waals surface area contributed by atoms with Gasteiger partial charge in [0.05, 0.1) is 33.3 Å². The minimum atomic E-state index is -0.826. The van der Waals surface area contributed by atoms with Crippen molar-refractivity contribution in [3.8, 4) is 6.07 Å². The van der Waals surface area contributed by atoms with Crippen molar-refractivity contribution < 1.29 is 14.5 Å². The Bertz CT molecular complexity index is 1600. The van der Waals surface area contributed by atoms with Gasteiger partial charge in [0.1, 0.15) is 5.69 Å². The Morgan fingerprint density at radius 2 is 1.73 bits per heavy atom. The average Bonchev–Trinajstić information content (AvgIpc) is 2.93. The zero-order chi connectivity index (χ0) is 28.8. The van der Waals surface area contributed by atoms with Crippen molar-refractivity contribution in [1.29, 1.82) is 5.26 Å². The van der Waals surface area contributed by atoms with Gasteiger partial charge in [-0.3, -0.25) is 19.7 Å². The summed E-state index contributed by atoms with van der Waals surface area (Å²) in [6.07, 6.45) is 0. The topological polar surface area (TPSA) is 137 Å². The van der Waals surface area contributed by atoms with Crippen LogP contribution in [0.4, 0.5) is 17.1 Å². The van der Waals surface area contributed by atoms with Crippen molar-refractivity contribution in [2.24, 2.45) is 0 Å². The maximum Gasteiger partial charge on any atom is 0.292 e. The molecule has 1 heterocycles. The number of allylic oxidation sites excluding steroid dienone is 2. The van der Waals surface area contributed by atoms with Crippen LogP contribution >= 0.6 is 35.0 Å². The summed E-state index contributed by atoms with van der Waals surface area (Å²) in [6.45, 7) is 1.70. The lowest BCUT2D eigenvalue weighted by atomic mass is 9.82. The van der Waals surface area contributed by atoms with Gasteiger partial charge < -0.3 is 16.0 Å². The number of dihydropyridines is 1. The third-order valence-corrected chi connectivity index (χ3v) is 7.55. The van der Waals surface area contributed by atoms with Gasteiger partial charge in [-0.2, -0.15) is 5.26 Å². The monoisotopic (exact) mass is 593 g/mol. The SMILES string of the molecule is CC1=C(C(=O)Nc2ccc(Cl)cc2)C(c2ccccc2Cl)C(C#N)=C(SCC(=O)Nc2ccccc2[N+](=O)[O-])N1. The average molecular weight is 594 g/mol. The summed E-state index contributed by atoms with van der Waals surface area (Å²) in [7, 11) is 0. The van der Waals surface area contributed by atoms with Crippen LogP contribution in [0.2, 0.25) is 10.0 Å². The molecule has 0 saturated heterocycles. The lowest BCUT2D eigenvalue weighted by Crippen LogP contribution is -2.31. The second-order valence-corrected chi connectivity index (χ2v) is 10.4. The number of rotatable bonds is 8. The van der Waals surface area contributed by atoms with Gasteiger partial charge >= 0.3 is 0 Å². The van der Waals surface area contributed by atoms with Crippen LogP contribution in [0.1, 0.15) is 18.4 Å². The largest absolute Gasteiger partial charge is 0.353 e. The lowest BCUT2D eigenvalue weighted by molar-refractivity contribution is -0.383. The Hall–Kier alpha value is -4.30. The van der Waals surface area contributed by atoms with E-state index in [0.717, 1.165) is 11.8 Å². The highest BCUT2D eigenvalue weighted by Crippen LogP contribution is 2.43. The fourth-order valence-electron chi connectivity index (χ4n) is 4.14. The maximum absolute atomic E-state index is 13.5. The normalized spacial score (nSPS) is 14.7. The van der Waals surface area contributed by atoms with E-state index in [1.54, 1.807) is 61.5 Å². The Labute approximate surface area is 244 Å². The Morgan fingerprint density at radius 1 is 1.05 bits per heavy atom. The molecule has 12 heteroatoms. The first-order chi connectivity index (χ1) is 19.2. The number of hydrogen-bond acceptors (Lipinski definition) is 7. The highest BCUT2D eigenvalue weighted by molar-refractivity contribution is 8.03. The summed E-state index contributed by atoms with van der Waals surface area (Å²) in [6, 6.07) is 21.5. The molecule has 0 bridgehead atoms. The number of amides is 2. The van der Waals surface area contributed by atoms with Gasteiger partial charge in [0, 0.05) is 33.1 Å². The number of hydrogen-bond donors (Lipinski definition) is 3. The van der Waals surface area contributed by atoms with E-state index >= 15 is 0 Å². The quantitative estimate of drug-likeness (QED) is 0.197. The second kappa shape index (κ2) is 12.7. The molecule has 2 amide bonds. The van der Waals surface area contributed by atoms with E-state index in [-0.39, 0.29) is 28.3 Å². The van der Waals surface area contributed by atoms with Crippen LogP contribution in [0.3, 0.4) is 0 Å². The summed E-state index contributed by atoms with van der Waals surface area (Å²) in [4.78, 5) is 37.0. The predicted octanol–water partition coefficient (Wildman–Crippen LogP) is 6.61. The van der Waals surface area contributed by atoms with Crippen LogP contribution < -0.4 is 16.0 Å². The number of thioether (sulfide) groups is 1. The highest BCUT2D eigenvalue weighted by atomic mass is 35.5. The molecule has 9 nitrogen and oxygen atoms in total. The molecule has 0 spiro atoms. The van der Waals surface area contributed by atoms with E-state index < -0.39 is 22.7 Å². The van der Waals surface area contributed by atoms with E-state index in [2.05, 4.69) is 22.0 Å². The molecule has 0 aromatic heterocycles. The van der Waals surface area contributed by atoms with Crippen molar-refractivity contribution in [2.75, 3.05) is 16.4 Å². The molecule has 1 unspecified atom stereocenters. The van der Waals surface area contributed by atoms with Gasteiger partial charge in [-0.05, 0) is 48.9 Å². The summed E-state index contributed by atoms with van der Waals surface area (Å²) < 4.78 is 0. The number of carbonyl (C=O) groups is 2. The molecule has 3 N–H and O–H groups in total. The molecule has 0 aliphatic carbocycles. The molecule has 3 aromatic carbocycles. The molecule has 1 aliphatic rings. The number of benzene rings is 3. The van der Waals surface area contributed by atoms with Gasteiger partial charge in [0.15, 0.2) is 0 Å². The molecular weight excluding hydrogens is 573 g/mol. The third kappa shape index (κ3) is 6.46. The molecule has 1 atom stereocenters. The number of nitrogens with zero attached hydrogens (tertiary/aromatic N) is 2. The van der Waals surface area contributed by atoms with Crippen LogP contribution in [0, 0.1) is 21.4 Å². The number of nitro benzene ring substituents is 1. The number of nitrogens with one attached hydrogen (secondary N) is 3. The number of nitriles is 1. The summed E-state index contributed by atoms with van der Waals surface area (Å²) in [5.74, 6) is -1.93. The zero-order valence-electron chi connectivity index (χ0n) is 20.9. The number of para-hydroxylation sites is 2. The van der Waals surface area contributed by atoms with Crippen molar-refractivity contribution >= 4 is 63.8 Å². The molecule has 202 valence electrons. The van der Waals surface area contributed by atoms with Crippen molar-refractivity contribution in [3.63, 3.8) is 0 Å². The molecule has 0 fully saturated rings. The van der Waals surface area contributed by atoms with E-state index in [1.807, 2.05) is 0 Å². The summed E-state index contributed by atoms with van der Waals surface area (Å²) >= 11 is 13.5. The van der Waals surface area contributed by atoms with E-state index in [9.17, 15) is 25.0 Å². The van der Waals surface area contributed by atoms with Crippen LogP contribution in [-0.4, -0.2) is 22.5 Å². The standard InChI is InChI=1S/C28H21Cl2N5O4S/c1-16-25(27(37)33-18-12-10-17(29)11-13-18)26(19-6-2-3-7-21(19)30)20(14-31)28(32-16)40-15-24(36)34-22-8-4-5-9-23(22)35(38)39/h2-13,26,32H,15H2,1H3,(H,33,37)(H,34,36). The van der Waals surface area contributed by atoms with Crippen molar-refractivity contribution in [2.45, 2.75) is 12.8 Å². The predicted molar refractivity (Wildman–Crippen MR) is 157 cm³/mol. The van der Waals surface area contributed by atoms with E-state index in [4.69, 9.17) is 23.2 Å². The molecule has 1 aliphatic heterocycles. The van der Waals surface area contributed by atoms with Crippen LogP contribution in [0.15, 0.2) is 94.7 Å². The fourth-order valence-corrected chi connectivity index (χ4v) is 5.40. The Kier molecular flexibility index (Phi) is 9.11. The number of anilines is 2. The molecule has 40 heavy (non-hydrogen) atoms. The van der Waals surface area contributed by atoms with Gasteiger partial charge in [0.25, 0.3) is 11.6 Å². The van der Waals surface area contributed by atoms with Crippen LogP contribution in [0.5, 0.6) is 0 Å². The summed E-state index contributed by atoms with van der Waals surface area (Å²) in [5, 5.41) is 31.3. The smallest absolute Gasteiger partial charge is 0.292 e. The third-order valence-electron chi connectivity index (χ3n) is 5.93. The zero-order valence-corrected chi connectivity index (χ0v) is 23.2. The number of halogens is 2. The molecule has 3 aromatic rings. The van der Waals surface area contributed by atoms with Crippen molar-refractivity contribution in [1.82, 2.24) is 5.32 Å². The second-order valence-electron chi connectivity index (χ2n) is 8.54. The molecule has 0 saturated carbocycles. The first kappa shape index (κ1) is 28.7. The van der Waals surface area contributed by atoms with Gasteiger partial charge in [-0.1, -0.05) is 65.3 Å². The van der Waals surface area contributed by atoms with Crippen LogP contribution in [-0.2, 0) is 9.59 Å². The lowest BCUT2D eigenvalue weighted by Gasteiger charge is -2.30. The summed E-state index contributed by atoms with van der Waals surface area (Å²) in [5.41, 5.74) is 1.85. The molecule has 0 radical (unpaired) electrons. The van der Waals surface area contributed by atoms with E-state index in [1.165, 1.54) is 18.2 Å². The van der Waals surface area contributed by atoms with Gasteiger partial charge in [-0.25, -0.2) is 0 Å². The van der Waals surface area contributed by atoms with Gasteiger partial charge in [0.2, 0.25) is 5.91 Å². The Balaban J connectivity index is 1.64. The molecule has 4 rings (SSSR count). The first-order valence-electron chi connectivity index (χ1n) is 11.8.